The van der Waals surface area contributed by atoms with Gasteiger partial charge in [-0.3, -0.25) is 0 Å². The van der Waals surface area contributed by atoms with Gasteiger partial charge < -0.3 is 19.9 Å². The topological polar surface area (TPSA) is 50.7 Å². The van der Waals surface area contributed by atoms with Gasteiger partial charge in [-0.2, -0.15) is 0 Å². The van der Waals surface area contributed by atoms with E-state index in [0.717, 1.165) is 22.2 Å². The molecule has 0 bridgehead atoms. The van der Waals surface area contributed by atoms with Crippen LogP contribution in [0.25, 0.3) is 0 Å². The summed E-state index contributed by atoms with van der Waals surface area (Å²) in [5.41, 5.74) is 1.01. The number of aliphatic hydroxyl groups excluding tert-OH is 1. The van der Waals surface area contributed by atoms with Gasteiger partial charge in [0.05, 0.1) is 20.3 Å². The van der Waals surface area contributed by atoms with Gasteiger partial charge in [-0.25, -0.2) is 0 Å². The largest absolute Gasteiger partial charge is 0.493 e. The van der Waals surface area contributed by atoms with Crippen LogP contribution in [0.2, 0.25) is 0 Å². The molecule has 0 unspecified atom stereocenters. The van der Waals surface area contributed by atoms with E-state index in [1.807, 2.05) is 26.0 Å². The van der Waals surface area contributed by atoms with Crippen molar-refractivity contribution in [1.29, 1.82) is 0 Å². The van der Waals surface area contributed by atoms with Crippen LogP contribution < -0.4 is 14.8 Å². The second-order valence-electron chi connectivity index (χ2n) is 4.20. The Balaban J connectivity index is 2.93. The van der Waals surface area contributed by atoms with Gasteiger partial charge in [0.25, 0.3) is 0 Å². The highest BCUT2D eigenvalue weighted by Crippen LogP contribution is 2.34. The normalized spacial score (nSPS) is 12.3. The van der Waals surface area contributed by atoms with Crippen LogP contribution in [0.15, 0.2) is 16.6 Å². The Morgan fingerprint density at radius 2 is 2.11 bits per heavy atom. The van der Waals surface area contributed by atoms with Crippen molar-refractivity contribution < 1.29 is 14.6 Å². The van der Waals surface area contributed by atoms with Crippen molar-refractivity contribution in [2.45, 2.75) is 32.9 Å². The molecule has 0 aliphatic heterocycles. The fourth-order valence-electron chi connectivity index (χ4n) is 1.81. The number of rotatable bonds is 8. The molecule has 5 heteroatoms. The van der Waals surface area contributed by atoms with E-state index in [1.165, 1.54) is 0 Å². The third-order valence-electron chi connectivity index (χ3n) is 2.90. The molecule has 0 heterocycles. The zero-order chi connectivity index (χ0) is 14.3. The van der Waals surface area contributed by atoms with Gasteiger partial charge in [0.1, 0.15) is 0 Å². The maximum absolute atomic E-state index is 9.20. The van der Waals surface area contributed by atoms with Crippen molar-refractivity contribution >= 4 is 15.9 Å². The minimum absolute atomic E-state index is 0.0967. The Labute approximate surface area is 123 Å². The molecule has 0 saturated carbocycles. The summed E-state index contributed by atoms with van der Waals surface area (Å²) in [6, 6.07) is 3.99. The van der Waals surface area contributed by atoms with Gasteiger partial charge in [0.2, 0.25) is 0 Å². The SMILES string of the molecule is CCOc1c(CN[C@@H](CC)CO)cc(Br)cc1OC. The lowest BCUT2D eigenvalue weighted by molar-refractivity contribution is 0.237. The average molecular weight is 332 g/mol. The van der Waals surface area contributed by atoms with Crippen LogP contribution in [0.4, 0.5) is 0 Å². The Morgan fingerprint density at radius 3 is 2.63 bits per heavy atom. The Hall–Kier alpha value is -0.780. The van der Waals surface area contributed by atoms with Crippen molar-refractivity contribution in [2.24, 2.45) is 0 Å². The first-order valence-electron chi connectivity index (χ1n) is 6.49. The zero-order valence-electron chi connectivity index (χ0n) is 11.7. The summed E-state index contributed by atoms with van der Waals surface area (Å²) in [7, 11) is 1.63. The maximum Gasteiger partial charge on any atom is 0.165 e. The van der Waals surface area contributed by atoms with E-state index >= 15 is 0 Å². The summed E-state index contributed by atoms with van der Waals surface area (Å²) < 4.78 is 12.0. The number of hydrogen-bond acceptors (Lipinski definition) is 4. The van der Waals surface area contributed by atoms with E-state index < -0.39 is 0 Å². The third-order valence-corrected chi connectivity index (χ3v) is 3.36. The standard InChI is InChI=1S/C14H22BrNO3/c1-4-12(9-17)16-8-10-6-11(15)7-13(18-3)14(10)19-5-2/h6-7,12,16-17H,4-5,8-9H2,1-3H3/t12-/m0/s1. The molecule has 4 nitrogen and oxygen atoms in total. The monoisotopic (exact) mass is 331 g/mol. The highest BCUT2D eigenvalue weighted by Gasteiger charge is 2.13. The minimum atomic E-state index is 0.0967. The molecule has 1 aromatic carbocycles. The minimum Gasteiger partial charge on any atom is -0.493 e. The van der Waals surface area contributed by atoms with Crippen LogP contribution in [-0.4, -0.2) is 31.5 Å². The van der Waals surface area contributed by atoms with Crippen LogP contribution >= 0.6 is 15.9 Å². The lowest BCUT2D eigenvalue weighted by Gasteiger charge is -2.18. The van der Waals surface area contributed by atoms with Gasteiger partial charge in [0, 0.05) is 22.6 Å². The predicted octanol–water partition coefficient (Wildman–Crippen LogP) is 2.72. The second-order valence-corrected chi connectivity index (χ2v) is 5.11. The molecule has 0 aromatic heterocycles. The Bertz CT molecular complexity index is 395. The van der Waals surface area contributed by atoms with Crippen LogP contribution in [-0.2, 0) is 6.54 Å². The number of hydrogen-bond donors (Lipinski definition) is 2. The molecule has 19 heavy (non-hydrogen) atoms. The van der Waals surface area contributed by atoms with E-state index in [4.69, 9.17) is 9.47 Å². The number of halogens is 1. The molecule has 0 amide bonds. The molecule has 1 atom stereocenters. The first-order valence-corrected chi connectivity index (χ1v) is 7.28. The summed E-state index contributed by atoms with van der Waals surface area (Å²) in [6.45, 7) is 5.33. The van der Waals surface area contributed by atoms with E-state index in [2.05, 4.69) is 21.2 Å². The molecule has 0 radical (unpaired) electrons. The summed E-state index contributed by atoms with van der Waals surface area (Å²) in [6.07, 6.45) is 0.881. The van der Waals surface area contributed by atoms with Gasteiger partial charge in [0.15, 0.2) is 11.5 Å². The van der Waals surface area contributed by atoms with Crippen molar-refractivity contribution in [3.63, 3.8) is 0 Å². The summed E-state index contributed by atoms with van der Waals surface area (Å²) in [4.78, 5) is 0. The number of methoxy groups -OCH3 is 1. The fraction of sp³-hybridized carbons (Fsp3) is 0.571. The molecule has 1 rings (SSSR count). The van der Waals surface area contributed by atoms with Crippen LogP contribution in [0.5, 0.6) is 11.5 Å². The van der Waals surface area contributed by atoms with Crippen LogP contribution in [0.1, 0.15) is 25.8 Å². The molecule has 1 aromatic rings. The zero-order valence-corrected chi connectivity index (χ0v) is 13.3. The molecular weight excluding hydrogens is 310 g/mol. The van der Waals surface area contributed by atoms with Crippen LogP contribution in [0.3, 0.4) is 0 Å². The number of aliphatic hydroxyl groups is 1. The van der Waals surface area contributed by atoms with Gasteiger partial charge in [-0.1, -0.05) is 22.9 Å². The smallest absolute Gasteiger partial charge is 0.165 e. The summed E-state index contributed by atoms with van der Waals surface area (Å²) >= 11 is 3.47. The van der Waals surface area contributed by atoms with E-state index in [9.17, 15) is 5.11 Å². The molecule has 0 aliphatic carbocycles. The quantitative estimate of drug-likeness (QED) is 0.769. The third kappa shape index (κ3) is 4.67. The number of nitrogens with one attached hydrogen (secondary N) is 1. The van der Waals surface area contributed by atoms with E-state index in [1.54, 1.807) is 7.11 Å². The van der Waals surface area contributed by atoms with Crippen molar-refractivity contribution in [3.05, 3.63) is 22.2 Å². The number of ether oxygens (including phenoxy) is 2. The first kappa shape index (κ1) is 16.3. The molecule has 108 valence electrons. The fourth-order valence-corrected chi connectivity index (χ4v) is 2.29. The van der Waals surface area contributed by atoms with Crippen molar-refractivity contribution in [2.75, 3.05) is 20.3 Å². The average Bonchev–Trinajstić information content (AvgIpc) is 2.42. The highest BCUT2D eigenvalue weighted by molar-refractivity contribution is 9.10. The molecular formula is C14H22BrNO3. The van der Waals surface area contributed by atoms with Gasteiger partial charge in [-0.15, -0.1) is 0 Å². The predicted molar refractivity (Wildman–Crippen MR) is 79.9 cm³/mol. The van der Waals surface area contributed by atoms with Gasteiger partial charge in [-0.05, 0) is 25.5 Å². The summed E-state index contributed by atoms with van der Waals surface area (Å²) in [5.74, 6) is 1.47. The molecule has 0 spiro atoms. The lowest BCUT2D eigenvalue weighted by atomic mass is 10.1. The number of benzene rings is 1. The molecule has 0 saturated heterocycles. The molecule has 0 aliphatic rings. The Morgan fingerprint density at radius 1 is 1.37 bits per heavy atom. The molecule has 0 fully saturated rings. The van der Waals surface area contributed by atoms with Crippen molar-refractivity contribution in [3.8, 4) is 11.5 Å². The molecule has 2 N–H and O–H groups in total. The lowest BCUT2D eigenvalue weighted by Crippen LogP contribution is -2.31. The van der Waals surface area contributed by atoms with Crippen LogP contribution in [0, 0.1) is 0 Å². The highest BCUT2D eigenvalue weighted by atomic mass is 79.9. The van der Waals surface area contributed by atoms with E-state index in [-0.39, 0.29) is 12.6 Å². The van der Waals surface area contributed by atoms with Crippen molar-refractivity contribution in [1.82, 2.24) is 5.32 Å². The van der Waals surface area contributed by atoms with Gasteiger partial charge >= 0.3 is 0 Å². The Kier molecular flexibility index (Phi) is 7.20. The maximum atomic E-state index is 9.20. The summed E-state index contributed by atoms with van der Waals surface area (Å²) in [5, 5.41) is 12.5. The van der Waals surface area contributed by atoms with E-state index in [0.29, 0.717) is 18.9 Å². The first-order chi connectivity index (χ1) is 9.15. The second kappa shape index (κ2) is 8.40.